The molecular formula is C12H13ClF3N3. The second-order valence-corrected chi connectivity index (χ2v) is 4.50. The normalized spacial score (nSPS) is 19.6. The second kappa shape index (κ2) is 5.02. The first-order valence-electron chi connectivity index (χ1n) is 5.84. The summed E-state index contributed by atoms with van der Waals surface area (Å²) in [5.74, 6) is 0.724. The number of imidazole rings is 1. The van der Waals surface area contributed by atoms with Crippen LogP contribution in [0.1, 0.15) is 30.3 Å². The van der Waals surface area contributed by atoms with E-state index in [0.29, 0.717) is 11.0 Å². The Morgan fingerprint density at radius 1 is 1.26 bits per heavy atom. The molecule has 7 heteroatoms. The predicted molar refractivity (Wildman–Crippen MR) is 68.3 cm³/mol. The fourth-order valence-corrected chi connectivity index (χ4v) is 2.29. The number of nitrogens with one attached hydrogen (secondary N) is 2. The van der Waals surface area contributed by atoms with Crippen LogP contribution in [0.5, 0.6) is 0 Å². The molecule has 1 aliphatic rings. The number of aromatic amines is 1. The fraction of sp³-hybridized carbons (Fsp3) is 0.417. The maximum atomic E-state index is 12.6. The second-order valence-electron chi connectivity index (χ2n) is 4.50. The van der Waals surface area contributed by atoms with E-state index in [1.165, 1.54) is 6.07 Å². The number of halogens is 4. The summed E-state index contributed by atoms with van der Waals surface area (Å²) in [6.07, 6.45) is -2.29. The van der Waals surface area contributed by atoms with E-state index in [1.54, 1.807) is 0 Å². The lowest BCUT2D eigenvalue weighted by molar-refractivity contribution is -0.137. The zero-order valence-corrected chi connectivity index (χ0v) is 10.7. The smallest absolute Gasteiger partial charge is 0.341 e. The molecule has 3 nitrogen and oxygen atoms in total. The first kappa shape index (κ1) is 14.1. The van der Waals surface area contributed by atoms with Crippen molar-refractivity contribution in [2.75, 3.05) is 6.54 Å². The molecule has 1 atom stereocenters. The lowest BCUT2D eigenvalue weighted by atomic mass is 10.2. The lowest BCUT2D eigenvalue weighted by Crippen LogP contribution is -2.13. The monoisotopic (exact) mass is 291 g/mol. The van der Waals surface area contributed by atoms with Crippen LogP contribution in [0.2, 0.25) is 0 Å². The number of nitrogens with zero attached hydrogens (tertiary/aromatic N) is 1. The summed E-state index contributed by atoms with van der Waals surface area (Å²) >= 11 is 0. The molecular weight excluding hydrogens is 279 g/mol. The number of rotatable bonds is 1. The van der Waals surface area contributed by atoms with Crippen LogP contribution in [0.3, 0.4) is 0 Å². The summed E-state index contributed by atoms with van der Waals surface area (Å²) in [5.41, 5.74) is 0.366. The van der Waals surface area contributed by atoms with E-state index >= 15 is 0 Å². The van der Waals surface area contributed by atoms with Crippen molar-refractivity contribution in [2.24, 2.45) is 0 Å². The lowest BCUT2D eigenvalue weighted by Gasteiger charge is -2.05. The molecule has 0 saturated carbocycles. The third-order valence-corrected chi connectivity index (χ3v) is 3.22. The van der Waals surface area contributed by atoms with Gasteiger partial charge in [0.05, 0.1) is 22.6 Å². The quantitative estimate of drug-likeness (QED) is 0.845. The summed E-state index contributed by atoms with van der Waals surface area (Å²) in [5, 5.41) is 3.26. The number of alkyl halides is 3. The minimum absolute atomic E-state index is 0. The molecule has 2 aromatic rings. The van der Waals surface area contributed by atoms with Crippen molar-refractivity contribution in [1.29, 1.82) is 0 Å². The van der Waals surface area contributed by atoms with E-state index in [9.17, 15) is 13.2 Å². The third kappa shape index (κ3) is 2.69. The number of benzene rings is 1. The molecule has 3 rings (SSSR count). The number of hydrogen-bond donors (Lipinski definition) is 2. The van der Waals surface area contributed by atoms with Gasteiger partial charge in [0.2, 0.25) is 0 Å². The number of hydrogen-bond acceptors (Lipinski definition) is 2. The molecule has 1 saturated heterocycles. The van der Waals surface area contributed by atoms with Crippen LogP contribution >= 0.6 is 12.4 Å². The van der Waals surface area contributed by atoms with Crippen LogP contribution in [0.4, 0.5) is 13.2 Å². The van der Waals surface area contributed by atoms with Gasteiger partial charge < -0.3 is 10.3 Å². The molecule has 0 radical (unpaired) electrons. The van der Waals surface area contributed by atoms with Crippen molar-refractivity contribution in [1.82, 2.24) is 15.3 Å². The average Bonchev–Trinajstić information content (AvgIpc) is 2.95. The van der Waals surface area contributed by atoms with E-state index in [0.717, 1.165) is 37.3 Å². The average molecular weight is 292 g/mol. The van der Waals surface area contributed by atoms with Gasteiger partial charge in [-0.2, -0.15) is 13.2 Å². The van der Waals surface area contributed by atoms with E-state index in [-0.39, 0.29) is 18.4 Å². The Labute approximate surface area is 114 Å². The van der Waals surface area contributed by atoms with Gasteiger partial charge in [-0.25, -0.2) is 4.98 Å². The van der Waals surface area contributed by atoms with Crippen molar-refractivity contribution in [2.45, 2.75) is 25.1 Å². The molecule has 0 spiro atoms. The summed E-state index contributed by atoms with van der Waals surface area (Å²) in [7, 11) is 0. The maximum Gasteiger partial charge on any atom is 0.416 e. The molecule has 0 aliphatic carbocycles. The summed E-state index contributed by atoms with van der Waals surface area (Å²) < 4.78 is 37.7. The van der Waals surface area contributed by atoms with Crippen molar-refractivity contribution in [3.05, 3.63) is 29.6 Å². The highest BCUT2D eigenvalue weighted by Crippen LogP contribution is 2.31. The highest BCUT2D eigenvalue weighted by molar-refractivity contribution is 5.85. The van der Waals surface area contributed by atoms with E-state index < -0.39 is 11.7 Å². The highest BCUT2D eigenvalue weighted by Gasteiger charge is 2.31. The number of aromatic nitrogens is 2. The van der Waals surface area contributed by atoms with Gasteiger partial charge in [-0.05, 0) is 37.6 Å². The Balaban J connectivity index is 0.00000133. The molecule has 1 fully saturated rings. The summed E-state index contributed by atoms with van der Waals surface area (Å²) in [6.45, 7) is 0.926. The third-order valence-electron chi connectivity index (χ3n) is 3.22. The zero-order chi connectivity index (χ0) is 12.8. The fourth-order valence-electron chi connectivity index (χ4n) is 2.29. The molecule has 0 amide bonds. The predicted octanol–water partition coefficient (Wildman–Crippen LogP) is 3.43. The maximum absolute atomic E-state index is 12.6. The Morgan fingerprint density at radius 2 is 2.05 bits per heavy atom. The van der Waals surface area contributed by atoms with Crippen LogP contribution in [0, 0.1) is 0 Å². The van der Waals surface area contributed by atoms with Gasteiger partial charge in [-0.1, -0.05) is 0 Å². The first-order chi connectivity index (χ1) is 8.54. The van der Waals surface area contributed by atoms with Crippen LogP contribution < -0.4 is 5.32 Å². The van der Waals surface area contributed by atoms with Crippen molar-refractivity contribution in [3.8, 4) is 0 Å². The Hall–Kier alpha value is -1.27. The van der Waals surface area contributed by atoms with Crippen molar-refractivity contribution < 1.29 is 13.2 Å². The van der Waals surface area contributed by atoms with Crippen molar-refractivity contribution in [3.63, 3.8) is 0 Å². The van der Waals surface area contributed by atoms with Gasteiger partial charge in [0.1, 0.15) is 5.82 Å². The van der Waals surface area contributed by atoms with Crippen LogP contribution in [0.25, 0.3) is 11.0 Å². The molecule has 19 heavy (non-hydrogen) atoms. The van der Waals surface area contributed by atoms with Crippen LogP contribution in [0.15, 0.2) is 18.2 Å². The van der Waals surface area contributed by atoms with Gasteiger partial charge in [0.25, 0.3) is 0 Å². The molecule has 2 heterocycles. The minimum Gasteiger partial charge on any atom is -0.341 e. The van der Waals surface area contributed by atoms with E-state index in [1.807, 2.05) is 0 Å². The van der Waals surface area contributed by atoms with Gasteiger partial charge in [0.15, 0.2) is 0 Å². The number of fused-ring (bicyclic) bond motifs is 1. The van der Waals surface area contributed by atoms with Gasteiger partial charge in [-0.3, -0.25) is 0 Å². The molecule has 104 valence electrons. The molecule has 1 aromatic carbocycles. The van der Waals surface area contributed by atoms with Crippen molar-refractivity contribution >= 4 is 23.4 Å². The first-order valence-corrected chi connectivity index (χ1v) is 5.84. The molecule has 1 aliphatic heterocycles. The Bertz CT molecular complexity index is 573. The topological polar surface area (TPSA) is 40.7 Å². The summed E-state index contributed by atoms with van der Waals surface area (Å²) in [4.78, 5) is 7.31. The van der Waals surface area contributed by atoms with Crippen LogP contribution in [-0.4, -0.2) is 16.5 Å². The summed E-state index contributed by atoms with van der Waals surface area (Å²) in [6, 6.07) is 3.72. The minimum atomic E-state index is -4.31. The molecule has 0 unspecified atom stereocenters. The standard InChI is InChI=1S/C12H12F3N3.ClH/c13-12(14,15)7-3-4-8-10(6-7)18-11(17-8)9-2-1-5-16-9;/h3-4,6,9,16H,1-2,5H2,(H,17,18);1H/t9-;/m0./s1. The zero-order valence-electron chi connectivity index (χ0n) is 9.92. The van der Waals surface area contributed by atoms with Gasteiger partial charge in [-0.15, -0.1) is 12.4 Å². The number of H-pyrrole nitrogens is 1. The largest absolute Gasteiger partial charge is 0.416 e. The van der Waals surface area contributed by atoms with Gasteiger partial charge in [0, 0.05) is 0 Å². The van der Waals surface area contributed by atoms with Gasteiger partial charge >= 0.3 is 6.18 Å². The van der Waals surface area contributed by atoms with E-state index in [2.05, 4.69) is 15.3 Å². The Kier molecular flexibility index (Phi) is 3.73. The molecule has 1 aromatic heterocycles. The highest BCUT2D eigenvalue weighted by atomic mass is 35.5. The Morgan fingerprint density at radius 3 is 2.68 bits per heavy atom. The molecule has 0 bridgehead atoms. The van der Waals surface area contributed by atoms with E-state index in [4.69, 9.17) is 0 Å². The SMILES string of the molecule is Cl.FC(F)(F)c1ccc2nc([C@@H]3CCCN3)[nH]c2c1. The molecule has 2 N–H and O–H groups in total. The van der Waals surface area contributed by atoms with Crippen LogP contribution in [-0.2, 0) is 6.18 Å².